The average molecular weight is 421 g/mol. The van der Waals surface area contributed by atoms with E-state index in [1.165, 1.54) is 43.4 Å². The van der Waals surface area contributed by atoms with Crippen molar-refractivity contribution in [3.8, 4) is 0 Å². The molecule has 0 aromatic carbocycles. The van der Waals surface area contributed by atoms with E-state index < -0.39 is 17.8 Å². The van der Waals surface area contributed by atoms with Crippen LogP contribution in [-0.2, 0) is 9.59 Å². The second-order valence-corrected chi connectivity index (χ2v) is 9.63. The first-order valence-electron chi connectivity index (χ1n) is 10.6. The Morgan fingerprint density at radius 3 is 2.48 bits per heavy atom. The Bertz CT molecular complexity index is 814. The number of piperidine rings is 1. The third-order valence-electron chi connectivity index (χ3n) is 6.79. The van der Waals surface area contributed by atoms with Gasteiger partial charge in [-0.1, -0.05) is 32.1 Å². The highest BCUT2D eigenvalue weighted by Gasteiger charge is 2.41. The smallest absolute Gasteiger partial charge is 0.394 e. The molecular weight excluding hydrogens is 392 g/mol. The van der Waals surface area contributed by atoms with E-state index in [1.807, 2.05) is 0 Å². The molecule has 2 fully saturated rings. The number of fused-ring (bicyclic) bond motifs is 4. The van der Waals surface area contributed by atoms with Crippen molar-refractivity contribution in [1.29, 1.82) is 0 Å². The third kappa shape index (κ3) is 4.05. The lowest BCUT2D eigenvalue weighted by Crippen LogP contribution is -2.42. The van der Waals surface area contributed by atoms with E-state index in [9.17, 15) is 19.5 Å². The van der Waals surface area contributed by atoms with E-state index >= 15 is 0 Å². The van der Waals surface area contributed by atoms with Crippen molar-refractivity contribution in [1.82, 2.24) is 4.90 Å². The molecule has 0 radical (unpaired) electrons. The largest absolute Gasteiger partial charge is 0.478 e. The number of amides is 1. The maximum Gasteiger partial charge on any atom is 0.394 e. The van der Waals surface area contributed by atoms with Crippen molar-refractivity contribution >= 4 is 34.2 Å². The minimum Gasteiger partial charge on any atom is -0.478 e. The molecule has 1 aromatic heterocycles. The summed E-state index contributed by atoms with van der Waals surface area (Å²) in [5.74, 6) is -2.99. The van der Waals surface area contributed by atoms with E-state index in [-0.39, 0.29) is 22.5 Å². The first-order valence-corrected chi connectivity index (χ1v) is 11.5. The van der Waals surface area contributed by atoms with Crippen molar-refractivity contribution in [3.05, 3.63) is 16.0 Å². The van der Waals surface area contributed by atoms with Gasteiger partial charge in [-0.15, -0.1) is 11.3 Å². The maximum absolute atomic E-state index is 12.1. The Hall–Kier alpha value is -1.93. The van der Waals surface area contributed by atoms with Gasteiger partial charge in [-0.25, -0.2) is 9.59 Å². The fraction of sp³-hybridized carbons (Fsp3) is 0.667. The molecule has 1 aromatic rings. The molecule has 0 spiro atoms. The predicted octanol–water partition coefficient (Wildman–Crippen LogP) is 4.06. The van der Waals surface area contributed by atoms with E-state index in [4.69, 9.17) is 5.11 Å². The number of carboxylic acid groups (broad SMARTS) is 2. The number of carboxylic acids is 2. The number of nitrogens with zero attached hydrogens (tertiary/aromatic N) is 1. The highest BCUT2D eigenvalue weighted by atomic mass is 32.1. The van der Waals surface area contributed by atoms with Gasteiger partial charge in [0.05, 0.1) is 5.56 Å². The predicted molar refractivity (Wildman–Crippen MR) is 110 cm³/mol. The summed E-state index contributed by atoms with van der Waals surface area (Å²) < 4.78 is 0. The van der Waals surface area contributed by atoms with Crippen LogP contribution in [0.25, 0.3) is 0 Å². The fourth-order valence-corrected chi connectivity index (χ4v) is 6.89. The van der Waals surface area contributed by atoms with Crippen LogP contribution in [0.4, 0.5) is 5.00 Å². The van der Waals surface area contributed by atoms with Crippen LogP contribution in [0.3, 0.4) is 0 Å². The first-order chi connectivity index (χ1) is 14.0. The van der Waals surface area contributed by atoms with Gasteiger partial charge in [0.25, 0.3) is 0 Å². The topological polar surface area (TPSA) is 107 Å². The van der Waals surface area contributed by atoms with Crippen LogP contribution in [0, 0.1) is 5.92 Å². The van der Waals surface area contributed by atoms with Crippen LogP contribution >= 0.6 is 11.3 Å². The molecule has 4 rings (SSSR count). The molecule has 3 unspecified atom stereocenters. The highest BCUT2D eigenvalue weighted by Crippen LogP contribution is 2.51. The summed E-state index contributed by atoms with van der Waals surface area (Å²) in [5.41, 5.74) is 0.946. The quantitative estimate of drug-likeness (QED) is 0.620. The van der Waals surface area contributed by atoms with Crippen LogP contribution in [0.5, 0.6) is 0 Å². The Labute approximate surface area is 174 Å². The van der Waals surface area contributed by atoms with E-state index in [0.717, 1.165) is 55.1 Å². The molecule has 3 N–H and O–H groups in total. The monoisotopic (exact) mass is 420 g/mol. The number of carbonyl (C=O) groups excluding carboxylic acids is 1. The Morgan fingerprint density at radius 2 is 1.79 bits per heavy atom. The van der Waals surface area contributed by atoms with Crippen molar-refractivity contribution in [2.45, 2.75) is 69.7 Å². The molecule has 29 heavy (non-hydrogen) atoms. The van der Waals surface area contributed by atoms with Crippen molar-refractivity contribution in [2.75, 3.05) is 18.4 Å². The zero-order chi connectivity index (χ0) is 20.5. The Morgan fingerprint density at radius 1 is 1.03 bits per heavy atom. The number of aliphatic carboxylic acids is 1. The lowest BCUT2D eigenvalue weighted by atomic mass is 9.79. The van der Waals surface area contributed by atoms with Gasteiger partial charge in [0, 0.05) is 17.5 Å². The summed E-state index contributed by atoms with van der Waals surface area (Å²) >= 11 is 1.27. The number of hydrogen-bond acceptors (Lipinski definition) is 5. The normalized spacial score (nSPS) is 26.6. The van der Waals surface area contributed by atoms with Gasteiger partial charge in [-0.3, -0.25) is 9.69 Å². The van der Waals surface area contributed by atoms with E-state index in [1.54, 1.807) is 0 Å². The summed E-state index contributed by atoms with van der Waals surface area (Å²) in [7, 11) is 0. The molecule has 1 amide bonds. The number of nitrogens with one attached hydrogen (secondary N) is 1. The molecule has 1 saturated heterocycles. The fourth-order valence-electron chi connectivity index (χ4n) is 5.45. The molecule has 3 heterocycles. The molecule has 1 saturated carbocycles. The molecule has 1 aliphatic carbocycles. The number of thiophene rings is 1. The molecular formula is C21H28N2O5S. The van der Waals surface area contributed by atoms with E-state index in [0.29, 0.717) is 0 Å². The van der Waals surface area contributed by atoms with Crippen LogP contribution in [0.15, 0.2) is 0 Å². The summed E-state index contributed by atoms with van der Waals surface area (Å²) in [5, 5.41) is 21.3. The molecule has 2 bridgehead atoms. The van der Waals surface area contributed by atoms with E-state index in [2.05, 4.69) is 10.2 Å². The van der Waals surface area contributed by atoms with Crippen molar-refractivity contribution in [3.63, 3.8) is 0 Å². The van der Waals surface area contributed by atoms with Crippen LogP contribution < -0.4 is 5.32 Å². The third-order valence-corrected chi connectivity index (χ3v) is 8.01. The standard InChI is InChI=1S/C21H28N2O5S/c24-18(21(27)28)22-19-16(20(25)26)15-13-7-4-10-23(11-13)14(17(15)29-19)9-8-12-5-2-1-3-6-12/h12-14H,1-11H2,(H,22,24)(H,25,26)(H,27,28). The number of hydrogen-bond donors (Lipinski definition) is 3. The van der Waals surface area contributed by atoms with Crippen molar-refractivity contribution in [2.24, 2.45) is 5.92 Å². The zero-order valence-corrected chi connectivity index (χ0v) is 17.3. The molecule has 3 atom stereocenters. The molecule has 7 nitrogen and oxygen atoms in total. The minimum atomic E-state index is -1.61. The minimum absolute atomic E-state index is 0.105. The van der Waals surface area contributed by atoms with Gasteiger partial charge in [0.15, 0.2) is 0 Å². The average Bonchev–Trinajstić information content (AvgIpc) is 3.08. The van der Waals surface area contributed by atoms with Gasteiger partial charge in [-0.2, -0.15) is 0 Å². The lowest BCUT2D eigenvalue weighted by Gasteiger charge is -2.44. The summed E-state index contributed by atoms with van der Waals surface area (Å²) in [6, 6.07) is 0.169. The maximum atomic E-state index is 12.1. The summed E-state index contributed by atoms with van der Waals surface area (Å²) in [6.45, 7) is 1.87. The van der Waals surface area contributed by atoms with Gasteiger partial charge in [-0.05, 0) is 49.6 Å². The SMILES string of the molecule is O=C(O)C(=O)Nc1sc2c(c1C(=O)O)C1CCCN(C1)C2CCC1CCCCC1. The van der Waals surface area contributed by atoms with Crippen LogP contribution in [0.1, 0.15) is 90.5 Å². The zero-order valence-electron chi connectivity index (χ0n) is 16.5. The van der Waals surface area contributed by atoms with Crippen LogP contribution in [-0.4, -0.2) is 46.0 Å². The lowest BCUT2D eigenvalue weighted by molar-refractivity contribution is -0.147. The van der Waals surface area contributed by atoms with Gasteiger partial charge in [0.1, 0.15) is 5.00 Å². The second-order valence-electron chi connectivity index (χ2n) is 8.58. The van der Waals surface area contributed by atoms with Crippen molar-refractivity contribution < 1.29 is 24.6 Å². The van der Waals surface area contributed by atoms with Crippen LogP contribution in [0.2, 0.25) is 0 Å². The number of anilines is 1. The molecule has 158 valence electrons. The molecule has 3 aliphatic rings. The Balaban J connectivity index is 1.66. The molecule has 2 aliphatic heterocycles. The summed E-state index contributed by atoms with van der Waals surface area (Å²) in [6.07, 6.45) is 10.6. The number of aromatic carboxylic acids is 1. The van der Waals surface area contributed by atoms with Gasteiger partial charge < -0.3 is 15.5 Å². The second kappa shape index (κ2) is 8.44. The van der Waals surface area contributed by atoms with Gasteiger partial charge >= 0.3 is 17.8 Å². The Kier molecular flexibility index (Phi) is 5.92. The first kappa shape index (κ1) is 20.3. The van der Waals surface area contributed by atoms with Gasteiger partial charge in [0.2, 0.25) is 0 Å². The number of rotatable bonds is 5. The number of carbonyl (C=O) groups is 3. The highest BCUT2D eigenvalue weighted by molar-refractivity contribution is 7.17. The molecule has 8 heteroatoms. The summed E-state index contributed by atoms with van der Waals surface area (Å²) in [4.78, 5) is 38.3.